The van der Waals surface area contributed by atoms with Gasteiger partial charge in [0.1, 0.15) is 0 Å². The van der Waals surface area contributed by atoms with E-state index >= 15 is 0 Å². The van der Waals surface area contributed by atoms with Crippen molar-refractivity contribution in [3.05, 3.63) is 71.8 Å². The van der Waals surface area contributed by atoms with E-state index in [0.29, 0.717) is 0 Å². The van der Waals surface area contributed by atoms with Gasteiger partial charge < -0.3 is 0 Å². The Hall–Kier alpha value is -1.82. The number of carbonyl (C=O) groups excluding carboxylic acids is 1. The van der Waals surface area contributed by atoms with E-state index < -0.39 is 36.9 Å². The van der Waals surface area contributed by atoms with Crippen molar-refractivity contribution in [2.45, 2.75) is 44.2 Å². The third-order valence-electron chi connectivity index (χ3n) is 5.43. The van der Waals surface area contributed by atoms with Gasteiger partial charge in [-0.2, -0.15) is 0 Å². The van der Waals surface area contributed by atoms with Crippen LogP contribution in [0.5, 0.6) is 0 Å². The summed E-state index contributed by atoms with van der Waals surface area (Å²) in [5.41, 5.74) is -0.952. The van der Waals surface area contributed by atoms with Crippen LogP contribution in [-0.2, 0) is 28.7 Å². The monoisotopic (exact) mass is 404 g/mol. The molecule has 4 rings (SSSR count). The van der Waals surface area contributed by atoms with E-state index in [1.165, 1.54) is 0 Å². The molecular weight excluding hydrogens is 379 g/mol. The quantitative estimate of drug-likeness (QED) is 0.615. The molecule has 7 heteroatoms. The number of hydrogen-bond acceptors (Lipinski definition) is 6. The number of carbonyl (C=O) groups is 1. The maximum atomic E-state index is 13.2. The molecule has 0 aromatic heterocycles. The van der Waals surface area contributed by atoms with Crippen molar-refractivity contribution in [2.75, 3.05) is 6.61 Å². The van der Waals surface area contributed by atoms with Crippen LogP contribution in [-0.4, -0.2) is 35.3 Å². The van der Waals surface area contributed by atoms with E-state index in [2.05, 4.69) is 0 Å². The van der Waals surface area contributed by atoms with Crippen LogP contribution in [0.4, 0.5) is 0 Å². The molecule has 3 unspecified atom stereocenters. The zero-order chi connectivity index (χ0) is 20.0. The van der Waals surface area contributed by atoms with Gasteiger partial charge in [0.25, 0.3) is 0 Å². The first-order valence-electron chi connectivity index (χ1n) is 9.47. The van der Waals surface area contributed by atoms with Crippen LogP contribution >= 0.6 is 7.51 Å². The molecule has 2 fully saturated rings. The third kappa shape index (κ3) is 2.64. The van der Waals surface area contributed by atoms with Gasteiger partial charge in [-0.25, -0.2) is 0 Å². The Balaban J connectivity index is 1.93. The van der Waals surface area contributed by atoms with Gasteiger partial charge in [0.2, 0.25) is 0 Å². The average Bonchev–Trinajstić information content (AvgIpc) is 2.92. The van der Waals surface area contributed by atoms with Crippen LogP contribution in [0.1, 0.15) is 31.9 Å². The van der Waals surface area contributed by atoms with Gasteiger partial charge in [-0.1, -0.05) is 0 Å². The molecule has 2 aromatic carbocycles. The predicted octanol–water partition coefficient (Wildman–Crippen LogP) is 3.92. The Morgan fingerprint density at radius 2 is 1.46 bits per heavy atom. The Kier molecular flexibility index (Phi) is 4.60. The fraction of sp³-hybridized carbons (Fsp3) is 0.381. The molecule has 6 nitrogen and oxygen atoms in total. The van der Waals surface area contributed by atoms with Gasteiger partial charge in [0.15, 0.2) is 0 Å². The summed E-state index contributed by atoms with van der Waals surface area (Å²) in [6.07, 6.45) is -0.826. The van der Waals surface area contributed by atoms with E-state index in [1.807, 2.05) is 60.7 Å². The zero-order valence-electron chi connectivity index (χ0n) is 16.1. The summed E-state index contributed by atoms with van der Waals surface area (Å²) in [6, 6.07) is 18.7. The van der Waals surface area contributed by atoms with Crippen LogP contribution in [0, 0.1) is 0 Å². The molecule has 1 N–H and O–H groups in total. The van der Waals surface area contributed by atoms with Crippen LogP contribution in [0.25, 0.3) is 0 Å². The molecular formula is C21H25O6P. The summed E-state index contributed by atoms with van der Waals surface area (Å²) in [5.74, 6) is -0.595. The molecule has 2 saturated heterocycles. The molecule has 0 saturated carbocycles. The number of hydrogen-bond donors (Lipinski definition) is 1. The summed E-state index contributed by atoms with van der Waals surface area (Å²) in [4.78, 5) is 24.8. The number of ether oxygens (including phenoxy) is 1. The molecule has 0 aliphatic carbocycles. The fourth-order valence-electron chi connectivity index (χ4n) is 4.12. The minimum atomic E-state index is -4.71. The van der Waals surface area contributed by atoms with E-state index in [9.17, 15) is 9.69 Å². The van der Waals surface area contributed by atoms with Gasteiger partial charge in [-0.05, 0) is 0 Å². The Labute approximate surface area is 164 Å². The molecule has 2 aromatic rings. The number of rotatable bonds is 4. The van der Waals surface area contributed by atoms with Gasteiger partial charge in [-0.3, -0.25) is 0 Å². The Morgan fingerprint density at radius 3 is 1.89 bits per heavy atom. The summed E-state index contributed by atoms with van der Waals surface area (Å²) in [5, 5.41) is 0. The molecule has 3 atom stereocenters. The van der Waals surface area contributed by atoms with Gasteiger partial charge in [-0.15, -0.1) is 0 Å². The van der Waals surface area contributed by atoms with Gasteiger partial charge >= 0.3 is 164 Å². The predicted molar refractivity (Wildman–Crippen MR) is 105 cm³/mol. The minimum absolute atomic E-state index is 0.173. The molecule has 2 aliphatic heterocycles. The Bertz CT molecular complexity index is 821. The second kappa shape index (κ2) is 6.61. The third-order valence-corrected chi connectivity index (χ3v) is 8.93. The molecule has 1 spiro atoms. The van der Waals surface area contributed by atoms with Crippen molar-refractivity contribution in [1.82, 2.24) is 0 Å². The van der Waals surface area contributed by atoms with Crippen LogP contribution in [0.3, 0.4) is 0 Å². The van der Waals surface area contributed by atoms with Crippen molar-refractivity contribution in [3.8, 4) is 0 Å². The summed E-state index contributed by atoms with van der Waals surface area (Å²) < 4.78 is 23.5. The van der Waals surface area contributed by atoms with Crippen molar-refractivity contribution >= 4 is 13.5 Å². The van der Waals surface area contributed by atoms with Gasteiger partial charge in [0, 0.05) is 0 Å². The molecule has 2 heterocycles. The first-order valence-corrected chi connectivity index (χ1v) is 11.5. The van der Waals surface area contributed by atoms with E-state index in [1.54, 1.807) is 20.8 Å². The molecule has 0 radical (unpaired) electrons. The van der Waals surface area contributed by atoms with Crippen molar-refractivity contribution < 1.29 is 28.0 Å². The second-order valence-electron chi connectivity index (χ2n) is 7.23. The van der Waals surface area contributed by atoms with Crippen molar-refractivity contribution in [2.24, 2.45) is 0 Å². The van der Waals surface area contributed by atoms with Crippen LogP contribution in [0.2, 0.25) is 0 Å². The molecule has 150 valence electrons. The normalized spacial score (nSPS) is 30.7. The molecule has 28 heavy (non-hydrogen) atoms. The number of esters is 1. The molecule has 0 bridgehead atoms. The van der Waals surface area contributed by atoms with Crippen molar-refractivity contribution in [1.29, 1.82) is 0 Å². The topological polar surface area (TPSA) is 74.2 Å². The maximum absolute atomic E-state index is 13.2. The van der Waals surface area contributed by atoms with E-state index in [0.717, 1.165) is 11.1 Å². The van der Waals surface area contributed by atoms with Crippen LogP contribution in [0.15, 0.2) is 60.7 Å². The van der Waals surface area contributed by atoms with E-state index in [-0.39, 0.29) is 6.61 Å². The molecule has 2 aliphatic rings. The van der Waals surface area contributed by atoms with Crippen molar-refractivity contribution in [3.63, 3.8) is 0 Å². The SMILES string of the molecule is CCOC(=O)C1C(c2ccccc2)(c2ccccc2)OP12(O)OC(C)C(C)O2. The second-order valence-corrected chi connectivity index (χ2v) is 10.2. The van der Waals surface area contributed by atoms with Gasteiger partial charge in [0.05, 0.1) is 0 Å². The summed E-state index contributed by atoms with van der Waals surface area (Å²) in [7, 11) is -4.71. The standard InChI is InChI=1S/C21H25O6P/c1-4-24-20(22)19-21(17-11-7-5-8-12-17,18-13-9-6-10-14-18)27-28(19,23)25-15(2)16(3)26-28/h5-16,19,23H,4H2,1-3H3. The Morgan fingerprint density at radius 1 is 1.00 bits per heavy atom. The molecule has 0 amide bonds. The first kappa shape index (κ1) is 19.5. The van der Waals surface area contributed by atoms with E-state index in [4.69, 9.17) is 18.3 Å². The summed E-state index contributed by atoms with van der Waals surface area (Å²) >= 11 is 0. The summed E-state index contributed by atoms with van der Waals surface area (Å²) in [6.45, 7) is 5.48. The van der Waals surface area contributed by atoms with Crippen LogP contribution < -0.4 is 0 Å². The average molecular weight is 404 g/mol. The fourth-order valence-corrected chi connectivity index (χ4v) is 8.25. The first-order chi connectivity index (χ1) is 13.3. The zero-order valence-corrected chi connectivity index (χ0v) is 17.0. The number of benzene rings is 2.